The average Bonchev–Trinajstić information content (AvgIpc) is 2.76. The number of carboxylic acid groups (broad SMARTS) is 1. The Kier molecular flexibility index (Phi) is 6.30. The first-order valence-electron chi connectivity index (χ1n) is 7.60. The predicted octanol–water partition coefficient (Wildman–Crippen LogP) is 2.47. The first-order chi connectivity index (χ1) is 9.32. The van der Waals surface area contributed by atoms with Crippen molar-refractivity contribution in [1.82, 2.24) is 10.6 Å². The van der Waals surface area contributed by atoms with Crippen LogP contribution in [0.15, 0.2) is 0 Å². The van der Waals surface area contributed by atoms with E-state index < -0.39 is 11.9 Å². The molecule has 0 aliphatic heterocycles. The Labute approximate surface area is 121 Å². The van der Waals surface area contributed by atoms with Crippen LogP contribution in [0.25, 0.3) is 0 Å². The van der Waals surface area contributed by atoms with Crippen LogP contribution in [0.1, 0.15) is 47.0 Å². The van der Waals surface area contributed by atoms with Gasteiger partial charge in [-0.3, -0.25) is 4.79 Å². The number of nitrogens with one attached hydrogen (secondary N) is 2. The molecule has 1 rings (SSSR count). The third-order valence-electron chi connectivity index (χ3n) is 4.36. The highest BCUT2D eigenvalue weighted by molar-refractivity contribution is 5.77. The van der Waals surface area contributed by atoms with Crippen LogP contribution in [0.5, 0.6) is 0 Å². The monoisotopic (exact) mass is 284 g/mol. The Hall–Kier alpha value is -1.26. The molecule has 0 aromatic rings. The molecule has 2 atom stereocenters. The molecular formula is C15H28N2O3. The number of urea groups is 1. The predicted molar refractivity (Wildman–Crippen MR) is 78.5 cm³/mol. The van der Waals surface area contributed by atoms with Gasteiger partial charge >= 0.3 is 12.0 Å². The lowest BCUT2D eigenvalue weighted by atomic mass is 9.85. The lowest BCUT2D eigenvalue weighted by Gasteiger charge is -2.26. The number of rotatable bonds is 6. The van der Waals surface area contributed by atoms with Crippen LogP contribution in [0.2, 0.25) is 0 Å². The van der Waals surface area contributed by atoms with E-state index in [9.17, 15) is 9.59 Å². The van der Waals surface area contributed by atoms with E-state index >= 15 is 0 Å². The lowest BCUT2D eigenvalue weighted by Crippen LogP contribution is -2.47. The van der Waals surface area contributed by atoms with Gasteiger partial charge in [-0.15, -0.1) is 0 Å². The number of carboxylic acids is 1. The third kappa shape index (κ3) is 4.69. The van der Waals surface area contributed by atoms with E-state index in [1.54, 1.807) is 0 Å². The van der Waals surface area contributed by atoms with Gasteiger partial charge in [0.05, 0.1) is 5.92 Å². The number of amides is 2. The summed E-state index contributed by atoms with van der Waals surface area (Å²) >= 11 is 0. The summed E-state index contributed by atoms with van der Waals surface area (Å²) in [5.74, 6) is 0.198. The summed E-state index contributed by atoms with van der Waals surface area (Å²) in [6.07, 6.45) is 2.27. The fraction of sp³-hybridized carbons (Fsp3) is 0.867. The minimum atomic E-state index is -0.810. The molecule has 0 aromatic carbocycles. The number of carbonyl (C=O) groups is 2. The lowest BCUT2D eigenvalue weighted by molar-refractivity contribution is -0.142. The van der Waals surface area contributed by atoms with Crippen LogP contribution in [0.4, 0.5) is 4.79 Å². The van der Waals surface area contributed by atoms with E-state index in [0.29, 0.717) is 30.7 Å². The smallest absolute Gasteiger partial charge is 0.315 e. The van der Waals surface area contributed by atoms with Crippen molar-refractivity contribution < 1.29 is 14.7 Å². The van der Waals surface area contributed by atoms with Crippen molar-refractivity contribution >= 4 is 12.0 Å². The Balaban J connectivity index is 2.42. The normalized spacial score (nSPS) is 22.6. The molecule has 1 aliphatic carbocycles. The maximum atomic E-state index is 11.9. The Bertz CT molecular complexity index is 334. The molecule has 0 heterocycles. The van der Waals surface area contributed by atoms with Crippen molar-refractivity contribution in [3.05, 3.63) is 0 Å². The SMILES string of the molecule is CC(C)C(CNC(=O)NC1CCCC1C(=O)O)C(C)C. The van der Waals surface area contributed by atoms with Gasteiger partial charge < -0.3 is 15.7 Å². The summed E-state index contributed by atoms with van der Waals surface area (Å²) < 4.78 is 0. The molecule has 0 aromatic heterocycles. The van der Waals surface area contributed by atoms with Gasteiger partial charge in [0, 0.05) is 12.6 Å². The molecule has 3 N–H and O–H groups in total. The largest absolute Gasteiger partial charge is 0.481 e. The van der Waals surface area contributed by atoms with Gasteiger partial charge in [-0.25, -0.2) is 4.79 Å². The molecule has 0 spiro atoms. The quantitative estimate of drug-likeness (QED) is 0.701. The summed E-state index contributed by atoms with van der Waals surface area (Å²) in [7, 11) is 0. The molecule has 20 heavy (non-hydrogen) atoms. The molecule has 0 bridgehead atoms. The van der Waals surface area contributed by atoms with Crippen molar-refractivity contribution in [1.29, 1.82) is 0 Å². The van der Waals surface area contributed by atoms with E-state index in [1.165, 1.54) is 0 Å². The Morgan fingerprint density at radius 3 is 2.25 bits per heavy atom. The third-order valence-corrected chi connectivity index (χ3v) is 4.36. The molecule has 2 amide bonds. The number of aliphatic carboxylic acids is 1. The van der Waals surface area contributed by atoms with Crippen molar-refractivity contribution in [3.8, 4) is 0 Å². The maximum absolute atomic E-state index is 11.9. The minimum absolute atomic E-state index is 0.232. The standard InChI is InChI=1S/C15H28N2O3/c1-9(2)12(10(3)4)8-16-15(20)17-13-7-5-6-11(13)14(18)19/h9-13H,5-8H2,1-4H3,(H,18,19)(H2,16,17,20). The summed E-state index contributed by atoms with van der Waals surface area (Å²) in [6.45, 7) is 9.25. The van der Waals surface area contributed by atoms with Crippen LogP contribution < -0.4 is 10.6 Å². The number of hydrogen-bond acceptors (Lipinski definition) is 2. The van der Waals surface area contributed by atoms with Gasteiger partial charge in [0.15, 0.2) is 0 Å². The fourth-order valence-electron chi connectivity index (χ4n) is 3.10. The zero-order valence-electron chi connectivity index (χ0n) is 13.0. The average molecular weight is 284 g/mol. The zero-order chi connectivity index (χ0) is 15.3. The molecule has 0 radical (unpaired) electrons. The fourth-order valence-corrected chi connectivity index (χ4v) is 3.10. The highest BCUT2D eigenvalue weighted by Gasteiger charge is 2.33. The molecule has 1 fully saturated rings. The first kappa shape index (κ1) is 16.8. The summed E-state index contributed by atoms with van der Waals surface area (Å²) in [4.78, 5) is 23.0. The van der Waals surface area contributed by atoms with E-state index in [0.717, 1.165) is 12.8 Å². The zero-order valence-corrected chi connectivity index (χ0v) is 13.0. The summed E-state index contributed by atoms with van der Waals surface area (Å²) in [6, 6.07) is -0.474. The highest BCUT2D eigenvalue weighted by atomic mass is 16.4. The molecule has 0 saturated heterocycles. The second kappa shape index (κ2) is 7.50. The molecule has 2 unspecified atom stereocenters. The van der Waals surface area contributed by atoms with Crippen molar-refractivity contribution in [2.75, 3.05) is 6.54 Å². The van der Waals surface area contributed by atoms with E-state index in [-0.39, 0.29) is 12.1 Å². The first-order valence-corrected chi connectivity index (χ1v) is 7.60. The van der Waals surface area contributed by atoms with Gasteiger partial charge in [0.25, 0.3) is 0 Å². The van der Waals surface area contributed by atoms with Crippen LogP contribution >= 0.6 is 0 Å². The second-order valence-corrected chi connectivity index (χ2v) is 6.49. The van der Waals surface area contributed by atoms with Gasteiger partial charge in [-0.1, -0.05) is 34.1 Å². The van der Waals surface area contributed by atoms with Gasteiger partial charge in [0.2, 0.25) is 0 Å². The van der Waals surface area contributed by atoms with Crippen molar-refractivity contribution in [2.24, 2.45) is 23.7 Å². The van der Waals surface area contributed by atoms with Gasteiger partial charge in [-0.2, -0.15) is 0 Å². The number of carbonyl (C=O) groups excluding carboxylic acids is 1. The summed E-state index contributed by atoms with van der Waals surface area (Å²) in [5, 5.41) is 14.8. The molecule has 5 heteroatoms. The van der Waals surface area contributed by atoms with Crippen LogP contribution in [0, 0.1) is 23.7 Å². The topological polar surface area (TPSA) is 78.4 Å². The molecule has 1 saturated carbocycles. The second-order valence-electron chi connectivity index (χ2n) is 6.49. The van der Waals surface area contributed by atoms with E-state index in [2.05, 4.69) is 38.3 Å². The van der Waals surface area contributed by atoms with Crippen LogP contribution in [-0.4, -0.2) is 29.7 Å². The molecule has 116 valence electrons. The van der Waals surface area contributed by atoms with Crippen LogP contribution in [-0.2, 0) is 4.79 Å². The molecule has 1 aliphatic rings. The Morgan fingerprint density at radius 2 is 1.75 bits per heavy atom. The van der Waals surface area contributed by atoms with Gasteiger partial charge in [0.1, 0.15) is 0 Å². The molecular weight excluding hydrogens is 256 g/mol. The van der Waals surface area contributed by atoms with Crippen LogP contribution in [0.3, 0.4) is 0 Å². The highest BCUT2D eigenvalue weighted by Crippen LogP contribution is 2.25. The van der Waals surface area contributed by atoms with E-state index in [4.69, 9.17) is 5.11 Å². The molecule has 5 nitrogen and oxygen atoms in total. The minimum Gasteiger partial charge on any atom is -0.481 e. The Morgan fingerprint density at radius 1 is 1.15 bits per heavy atom. The van der Waals surface area contributed by atoms with Gasteiger partial charge in [-0.05, 0) is 30.6 Å². The maximum Gasteiger partial charge on any atom is 0.315 e. The summed E-state index contributed by atoms with van der Waals surface area (Å²) in [5.41, 5.74) is 0. The van der Waals surface area contributed by atoms with E-state index in [1.807, 2.05) is 0 Å². The number of hydrogen-bond donors (Lipinski definition) is 3. The van der Waals surface area contributed by atoms with Crippen molar-refractivity contribution in [3.63, 3.8) is 0 Å². The van der Waals surface area contributed by atoms with Crippen molar-refractivity contribution in [2.45, 2.75) is 53.0 Å².